The fourth-order valence-electron chi connectivity index (χ4n) is 3.24. The molecule has 0 radical (unpaired) electrons. The molecule has 156 valence electrons. The fraction of sp³-hybridized carbons (Fsp3) is 0.269. The van der Waals surface area contributed by atoms with Gasteiger partial charge in [0.25, 0.3) is 0 Å². The van der Waals surface area contributed by atoms with Gasteiger partial charge in [-0.25, -0.2) is 4.79 Å². The van der Waals surface area contributed by atoms with Crippen molar-refractivity contribution in [1.29, 1.82) is 0 Å². The number of rotatable bonds is 8. The highest BCUT2D eigenvalue weighted by atomic mass is 35.5. The van der Waals surface area contributed by atoms with E-state index in [1.54, 1.807) is 13.0 Å². The van der Waals surface area contributed by atoms with Crippen molar-refractivity contribution in [1.82, 2.24) is 0 Å². The number of esters is 1. The van der Waals surface area contributed by atoms with Crippen molar-refractivity contribution in [3.8, 4) is 28.0 Å². The Balaban J connectivity index is 2.03. The van der Waals surface area contributed by atoms with Gasteiger partial charge in [-0.2, -0.15) is 0 Å². The molecule has 0 saturated carbocycles. The summed E-state index contributed by atoms with van der Waals surface area (Å²) in [6, 6.07) is 21.3. The Kier molecular flexibility index (Phi) is 7.53. The van der Waals surface area contributed by atoms with E-state index in [0.717, 1.165) is 34.4 Å². The van der Waals surface area contributed by atoms with E-state index < -0.39 is 0 Å². The topological polar surface area (TPSA) is 35.5 Å². The number of carbonyl (C=O) groups is 1. The van der Waals surface area contributed by atoms with Crippen molar-refractivity contribution < 1.29 is 14.3 Å². The Labute approximate surface area is 183 Å². The first-order valence-electron chi connectivity index (χ1n) is 10.3. The Morgan fingerprint density at radius 1 is 0.933 bits per heavy atom. The predicted octanol–water partition coefficient (Wildman–Crippen LogP) is 7.28. The second-order valence-electron chi connectivity index (χ2n) is 7.52. The van der Waals surface area contributed by atoms with Gasteiger partial charge in [0.05, 0.1) is 18.8 Å². The summed E-state index contributed by atoms with van der Waals surface area (Å²) in [5, 5.41) is 0.649. The predicted molar refractivity (Wildman–Crippen MR) is 123 cm³/mol. The first-order chi connectivity index (χ1) is 14.5. The van der Waals surface area contributed by atoms with Crippen LogP contribution in [0.2, 0.25) is 5.02 Å². The minimum atomic E-state index is -0.322. The number of halogens is 1. The van der Waals surface area contributed by atoms with Gasteiger partial charge in [-0.05, 0) is 66.3 Å². The van der Waals surface area contributed by atoms with Crippen LogP contribution >= 0.6 is 11.6 Å². The normalized spacial score (nSPS) is 10.8. The number of benzene rings is 3. The van der Waals surface area contributed by atoms with Crippen molar-refractivity contribution in [3.05, 3.63) is 77.3 Å². The number of hydrogen-bond donors (Lipinski definition) is 0. The smallest absolute Gasteiger partial charge is 0.338 e. The van der Waals surface area contributed by atoms with E-state index in [9.17, 15) is 4.79 Å². The Morgan fingerprint density at radius 3 is 2.43 bits per heavy atom. The Hall–Kier alpha value is -2.78. The lowest BCUT2D eigenvalue weighted by Gasteiger charge is -2.16. The second kappa shape index (κ2) is 10.3. The van der Waals surface area contributed by atoms with Crippen molar-refractivity contribution >= 4 is 17.6 Å². The molecule has 30 heavy (non-hydrogen) atoms. The molecule has 0 aliphatic heterocycles. The van der Waals surface area contributed by atoms with Crippen LogP contribution in [0.25, 0.3) is 22.3 Å². The van der Waals surface area contributed by atoms with E-state index in [1.807, 2.05) is 60.7 Å². The largest absolute Gasteiger partial charge is 0.493 e. The van der Waals surface area contributed by atoms with Gasteiger partial charge in [0, 0.05) is 10.6 Å². The zero-order chi connectivity index (χ0) is 21.5. The van der Waals surface area contributed by atoms with Crippen molar-refractivity contribution in [2.24, 2.45) is 5.92 Å². The standard InChI is InChI=1S/C26H27ClO3/c1-4-29-26(28)20-9-7-8-19(16-20)22-10-5-6-11-23(22)24-17-21(27)12-13-25(24)30-15-14-18(2)3/h5-13,16-18H,4,14-15H2,1-3H3. The maximum atomic E-state index is 12.2. The molecule has 0 saturated heterocycles. The molecule has 0 N–H and O–H groups in total. The Bertz CT molecular complexity index is 1010. The lowest BCUT2D eigenvalue weighted by atomic mass is 9.93. The van der Waals surface area contributed by atoms with Gasteiger partial charge < -0.3 is 9.47 Å². The van der Waals surface area contributed by atoms with Crippen molar-refractivity contribution in [2.45, 2.75) is 27.2 Å². The van der Waals surface area contributed by atoms with Crippen LogP contribution in [-0.2, 0) is 4.74 Å². The third-order valence-corrected chi connectivity index (χ3v) is 5.03. The molecule has 0 aliphatic rings. The molecule has 0 atom stereocenters. The van der Waals surface area contributed by atoms with Gasteiger partial charge in [0.1, 0.15) is 5.75 Å². The molecule has 0 aromatic heterocycles. The van der Waals surface area contributed by atoms with Crippen LogP contribution in [0.3, 0.4) is 0 Å². The molecular weight excluding hydrogens is 396 g/mol. The number of ether oxygens (including phenoxy) is 2. The van der Waals surface area contributed by atoms with E-state index in [-0.39, 0.29) is 5.97 Å². The summed E-state index contributed by atoms with van der Waals surface area (Å²) >= 11 is 6.33. The van der Waals surface area contributed by atoms with Gasteiger partial charge in [0.15, 0.2) is 0 Å². The maximum Gasteiger partial charge on any atom is 0.338 e. The molecule has 0 amide bonds. The van der Waals surface area contributed by atoms with E-state index >= 15 is 0 Å². The van der Waals surface area contributed by atoms with Gasteiger partial charge in [-0.3, -0.25) is 0 Å². The first kappa shape index (κ1) is 21.9. The molecule has 3 rings (SSSR count). The molecule has 0 spiro atoms. The van der Waals surface area contributed by atoms with Crippen LogP contribution in [0.1, 0.15) is 37.6 Å². The highest BCUT2D eigenvalue weighted by Crippen LogP contribution is 2.39. The molecule has 3 aromatic rings. The number of carbonyl (C=O) groups excluding carboxylic acids is 1. The van der Waals surface area contributed by atoms with Gasteiger partial charge >= 0.3 is 5.97 Å². The summed E-state index contributed by atoms with van der Waals surface area (Å²) in [6.07, 6.45) is 0.977. The molecular formula is C26H27ClO3. The second-order valence-corrected chi connectivity index (χ2v) is 7.95. The lowest BCUT2D eigenvalue weighted by molar-refractivity contribution is 0.0526. The molecule has 0 bridgehead atoms. The van der Waals surface area contributed by atoms with Crippen LogP contribution in [-0.4, -0.2) is 19.2 Å². The SMILES string of the molecule is CCOC(=O)c1cccc(-c2ccccc2-c2cc(Cl)ccc2OCCC(C)C)c1. The highest BCUT2D eigenvalue weighted by molar-refractivity contribution is 6.31. The summed E-state index contributed by atoms with van der Waals surface area (Å²) in [5.74, 6) is 1.05. The summed E-state index contributed by atoms with van der Waals surface area (Å²) in [4.78, 5) is 12.2. The highest BCUT2D eigenvalue weighted by Gasteiger charge is 2.15. The lowest BCUT2D eigenvalue weighted by Crippen LogP contribution is -2.04. The summed E-state index contributed by atoms with van der Waals surface area (Å²) in [7, 11) is 0. The minimum Gasteiger partial charge on any atom is -0.493 e. The molecule has 0 fully saturated rings. The third kappa shape index (κ3) is 5.43. The summed E-state index contributed by atoms with van der Waals surface area (Å²) < 4.78 is 11.3. The minimum absolute atomic E-state index is 0.322. The first-order valence-corrected chi connectivity index (χ1v) is 10.7. The molecule has 0 heterocycles. The van der Waals surface area contributed by atoms with Gasteiger partial charge in [-0.1, -0.05) is 61.8 Å². The van der Waals surface area contributed by atoms with Crippen molar-refractivity contribution in [2.75, 3.05) is 13.2 Å². The summed E-state index contributed by atoms with van der Waals surface area (Å²) in [6.45, 7) is 7.15. The number of hydrogen-bond acceptors (Lipinski definition) is 3. The Morgan fingerprint density at radius 2 is 1.70 bits per heavy atom. The van der Waals surface area contributed by atoms with E-state index in [2.05, 4.69) is 13.8 Å². The zero-order valence-electron chi connectivity index (χ0n) is 17.7. The van der Waals surface area contributed by atoms with Crippen LogP contribution in [0.15, 0.2) is 66.7 Å². The summed E-state index contributed by atoms with van der Waals surface area (Å²) in [5.41, 5.74) is 4.40. The molecule has 3 nitrogen and oxygen atoms in total. The van der Waals surface area contributed by atoms with E-state index in [4.69, 9.17) is 21.1 Å². The van der Waals surface area contributed by atoms with Crippen LogP contribution in [0.4, 0.5) is 0 Å². The van der Waals surface area contributed by atoms with E-state index in [0.29, 0.717) is 29.7 Å². The molecule has 4 heteroatoms. The van der Waals surface area contributed by atoms with Gasteiger partial charge in [0.2, 0.25) is 0 Å². The molecule has 0 unspecified atom stereocenters. The molecule has 0 aliphatic carbocycles. The third-order valence-electron chi connectivity index (χ3n) is 4.80. The van der Waals surface area contributed by atoms with Crippen LogP contribution in [0, 0.1) is 5.92 Å². The van der Waals surface area contributed by atoms with Crippen LogP contribution < -0.4 is 4.74 Å². The van der Waals surface area contributed by atoms with E-state index in [1.165, 1.54) is 0 Å². The fourth-order valence-corrected chi connectivity index (χ4v) is 3.41. The zero-order valence-corrected chi connectivity index (χ0v) is 18.4. The average Bonchev–Trinajstić information content (AvgIpc) is 2.75. The molecule has 3 aromatic carbocycles. The van der Waals surface area contributed by atoms with Crippen LogP contribution in [0.5, 0.6) is 5.75 Å². The average molecular weight is 423 g/mol. The van der Waals surface area contributed by atoms with Crippen molar-refractivity contribution in [3.63, 3.8) is 0 Å². The monoisotopic (exact) mass is 422 g/mol. The quantitative estimate of drug-likeness (QED) is 0.358. The van der Waals surface area contributed by atoms with Gasteiger partial charge in [-0.15, -0.1) is 0 Å². The maximum absolute atomic E-state index is 12.2.